The highest BCUT2D eigenvalue weighted by atomic mass is 19.1. The van der Waals surface area contributed by atoms with Gasteiger partial charge in [-0.05, 0) is 36.1 Å². The van der Waals surface area contributed by atoms with E-state index in [4.69, 9.17) is 0 Å². The van der Waals surface area contributed by atoms with E-state index in [1.54, 1.807) is 19.2 Å². The van der Waals surface area contributed by atoms with E-state index in [0.29, 0.717) is 6.54 Å². The molecule has 0 aliphatic rings. The van der Waals surface area contributed by atoms with Crippen LogP contribution in [-0.4, -0.2) is 32.6 Å². The van der Waals surface area contributed by atoms with Crippen molar-refractivity contribution in [1.82, 2.24) is 9.47 Å². The number of halogens is 1. The molecule has 0 bridgehead atoms. The fraction of sp³-hybridized carbons (Fsp3) is 0.227. The molecular weight excluding hydrogens is 359 g/mol. The molecule has 2 aromatic carbocycles. The van der Waals surface area contributed by atoms with Crippen LogP contribution in [0.3, 0.4) is 0 Å². The maximum atomic E-state index is 13.0. The molecule has 2 N–H and O–H groups in total. The molecule has 3 rings (SSSR count). The van der Waals surface area contributed by atoms with Gasteiger partial charge in [-0.15, -0.1) is 0 Å². The number of aromatic nitrogens is 1. The Morgan fingerprint density at radius 1 is 1.04 bits per heavy atom. The first-order valence-corrected chi connectivity index (χ1v) is 9.10. The Labute approximate surface area is 163 Å². The lowest BCUT2D eigenvalue weighted by molar-refractivity contribution is 0.0782. The molecule has 5 nitrogen and oxygen atoms in total. The number of aryl methyl sites for hydroxylation is 2. The van der Waals surface area contributed by atoms with Gasteiger partial charge < -0.3 is 19.7 Å². The van der Waals surface area contributed by atoms with E-state index < -0.39 is 11.7 Å². The second-order valence-corrected chi connectivity index (χ2v) is 6.79. The van der Waals surface area contributed by atoms with Crippen molar-refractivity contribution < 1.29 is 19.4 Å². The Kier molecular flexibility index (Phi) is 5.99. The number of carbonyl (C=O) groups excluding carboxylic acids is 1. The molecular formula is C22H23FN2O3. The van der Waals surface area contributed by atoms with Crippen LogP contribution in [0.1, 0.15) is 27.9 Å². The highest BCUT2D eigenvalue weighted by Gasteiger charge is 2.23. The first-order valence-electron chi connectivity index (χ1n) is 9.10. The van der Waals surface area contributed by atoms with E-state index >= 15 is 0 Å². The Morgan fingerprint density at radius 3 is 2.39 bits per heavy atom. The molecule has 0 spiro atoms. The van der Waals surface area contributed by atoms with Gasteiger partial charge in [0.15, 0.2) is 5.75 Å². The van der Waals surface area contributed by atoms with Gasteiger partial charge in [0.2, 0.25) is 5.88 Å². The summed E-state index contributed by atoms with van der Waals surface area (Å²) < 4.78 is 14.5. The van der Waals surface area contributed by atoms with Crippen molar-refractivity contribution >= 4 is 5.91 Å². The third kappa shape index (κ3) is 4.52. The van der Waals surface area contributed by atoms with Gasteiger partial charge in [-0.2, -0.15) is 0 Å². The molecule has 0 aliphatic heterocycles. The van der Waals surface area contributed by atoms with Gasteiger partial charge in [0.1, 0.15) is 11.4 Å². The fourth-order valence-corrected chi connectivity index (χ4v) is 3.10. The van der Waals surface area contributed by atoms with Crippen molar-refractivity contribution in [3.63, 3.8) is 0 Å². The first-order chi connectivity index (χ1) is 13.5. The van der Waals surface area contributed by atoms with Crippen LogP contribution in [0.2, 0.25) is 0 Å². The van der Waals surface area contributed by atoms with Crippen molar-refractivity contribution in [1.29, 1.82) is 0 Å². The zero-order chi connectivity index (χ0) is 20.1. The van der Waals surface area contributed by atoms with Crippen LogP contribution in [0.25, 0.3) is 0 Å². The zero-order valence-electron chi connectivity index (χ0n) is 15.7. The average molecular weight is 382 g/mol. The summed E-state index contributed by atoms with van der Waals surface area (Å²) >= 11 is 0. The SMILES string of the molecule is CN(Cc1ccc(F)cc1)C(=O)c1cn(CCCc2ccccc2)c(O)c1O. The van der Waals surface area contributed by atoms with Crippen molar-refractivity contribution in [2.24, 2.45) is 0 Å². The van der Waals surface area contributed by atoms with E-state index in [1.165, 1.54) is 33.4 Å². The lowest BCUT2D eigenvalue weighted by Gasteiger charge is -2.16. The number of nitrogens with zero attached hydrogens (tertiary/aromatic N) is 2. The van der Waals surface area contributed by atoms with E-state index in [2.05, 4.69) is 0 Å². The molecule has 6 heteroatoms. The smallest absolute Gasteiger partial charge is 0.259 e. The summed E-state index contributed by atoms with van der Waals surface area (Å²) in [6, 6.07) is 15.8. The van der Waals surface area contributed by atoms with E-state index in [0.717, 1.165) is 18.4 Å². The molecule has 28 heavy (non-hydrogen) atoms. The third-order valence-corrected chi connectivity index (χ3v) is 4.64. The Hall–Kier alpha value is -3.28. The largest absolute Gasteiger partial charge is 0.503 e. The summed E-state index contributed by atoms with van der Waals surface area (Å²) in [6.45, 7) is 0.738. The summed E-state index contributed by atoms with van der Waals surface area (Å²) in [6.07, 6.45) is 3.05. The molecule has 3 aromatic rings. The number of hydrogen-bond donors (Lipinski definition) is 2. The van der Waals surface area contributed by atoms with E-state index in [1.807, 2.05) is 30.3 Å². The van der Waals surface area contributed by atoms with Crippen LogP contribution in [0, 0.1) is 5.82 Å². The second kappa shape index (κ2) is 8.61. The van der Waals surface area contributed by atoms with Crippen LogP contribution < -0.4 is 0 Å². The molecule has 0 aliphatic carbocycles. The summed E-state index contributed by atoms with van der Waals surface area (Å²) in [5.41, 5.74) is 2.00. The Bertz CT molecular complexity index is 936. The predicted molar refractivity (Wildman–Crippen MR) is 105 cm³/mol. The van der Waals surface area contributed by atoms with Crippen LogP contribution >= 0.6 is 0 Å². The van der Waals surface area contributed by atoms with Crippen LogP contribution in [0.4, 0.5) is 4.39 Å². The molecule has 0 saturated carbocycles. The van der Waals surface area contributed by atoms with Gasteiger partial charge in [-0.25, -0.2) is 4.39 Å². The number of benzene rings is 2. The molecule has 146 valence electrons. The lowest BCUT2D eigenvalue weighted by Crippen LogP contribution is -2.26. The zero-order valence-corrected chi connectivity index (χ0v) is 15.7. The van der Waals surface area contributed by atoms with E-state index in [-0.39, 0.29) is 23.8 Å². The molecule has 1 heterocycles. The Balaban J connectivity index is 1.65. The minimum Gasteiger partial charge on any atom is -0.503 e. The predicted octanol–water partition coefficient (Wildman–Crippen LogP) is 3.94. The maximum absolute atomic E-state index is 13.0. The number of aromatic hydroxyl groups is 2. The van der Waals surface area contributed by atoms with Gasteiger partial charge in [0, 0.05) is 26.3 Å². The van der Waals surface area contributed by atoms with Gasteiger partial charge in [0.05, 0.1) is 0 Å². The summed E-state index contributed by atoms with van der Waals surface area (Å²) in [4.78, 5) is 14.1. The molecule has 1 amide bonds. The van der Waals surface area contributed by atoms with Crippen molar-refractivity contribution in [3.05, 3.63) is 83.3 Å². The molecule has 0 fully saturated rings. The summed E-state index contributed by atoms with van der Waals surface area (Å²) in [5.74, 6) is -1.49. The van der Waals surface area contributed by atoms with Crippen molar-refractivity contribution in [2.45, 2.75) is 25.9 Å². The highest BCUT2D eigenvalue weighted by molar-refractivity contribution is 5.97. The first kappa shape index (κ1) is 19.5. The minimum atomic E-state index is -0.421. The summed E-state index contributed by atoms with van der Waals surface area (Å²) in [7, 11) is 1.59. The van der Waals surface area contributed by atoms with E-state index in [9.17, 15) is 19.4 Å². The standard InChI is InChI=1S/C22H23FN2O3/c1-24(14-17-9-11-18(23)12-10-17)21(27)19-15-25(22(28)20(19)26)13-5-8-16-6-3-2-4-7-16/h2-4,6-7,9-12,15,26,28H,5,8,13-14H2,1H3. The highest BCUT2D eigenvalue weighted by Crippen LogP contribution is 2.32. The van der Waals surface area contributed by atoms with Crippen LogP contribution in [-0.2, 0) is 19.5 Å². The monoisotopic (exact) mass is 382 g/mol. The van der Waals surface area contributed by atoms with Gasteiger partial charge in [-0.3, -0.25) is 4.79 Å². The maximum Gasteiger partial charge on any atom is 0.259 e. The number of hydrogen-bond acceptors (Lipinski definition) is 3. The second-order valence-electron chi connectivity index (χ2n) is 6.79. The van der Waals surface area contributed by atoms with Gasteiger partial charge in [0.25, 0.3) is 5.91 Å². The summed E-state index contributed by atoms with van der Waals surface area (Å²) in [5, 5.41) is 20.4. The molecule has 1 aromatic heterocycles. The van der Waals surface area contributed by atoms with Crippen LogP contribution in [0.15, 0.2) is 60.8 Å². The molecule has 0 saturated heterocycles. The van der Waals surface area contributed by atoms with Crippen LogP contribution in [0.5, 0.6) is 11.6 Å². The fourth-order valence-electron chi connectivity index (χ4n) is 3.10. The normalized spacial score (nSPS) is 10.8. The topological polar surface area (TPSA) is 65.7 Å². The third-order valence-electron chi connectivity index (χ3n) is 4.64. The lowest BCUT2D eigenvalue weighted by atomic mass is 10.1. The molecule has 0 unspecified atom stereocenters. The Morgan fingerprint density at radius 2 is 1.71 bits per heavy atom. The van der Waals surface area contributed by atoms with Gasteiger partial charge >= 0.3 is 0 Å². The van der Waals surface area contributed by atoms with Crippen molar-refractivity contribution in [3.8, 4) is 11.6 Å². The van der Waals surface area contributed by atoms with Crippen molar-refractivity contribution in [2.75, 3.05) is 7.05 Å². The number of carbonyl (C=O) groups is 1. The molecule has 0 atom stereocenters. The molecule has 0 radical (unpaired) electrons. The van der Waals surface area contributed by atoms with Gasteiger partial charge in [-0.1, -0.05) is 42.5 Å². The number of amides is 1. The number of rotatable bonds is 7. The minimum absolute atomic E-state index is 0.0434. The quantitative estimate of drug-likeness (QED) is 0.650. The average Bonchev–Trinajstić information content (AvgIpc) is 2.98.